The number of rotatable bonds is 5. The molecule has 3 rings (SSSR count). The van der Waals surface area contributed by atoms with Crippen LogP contribution in [0.25, 0.3) is 0 Å². The average Bonchev–Trinajstić information content (AvgIpc) is 2.63. The molecule has 0 fully saturated rings. The number of nitrogens with one attached hydrogen (secondary N) is 2. The number of anilines is 2. The summed E-state index contributed by atoms with van der Waals surface area (Å²) in [4.78, 5) is 20.3. The summed E-state index contributed by atoms with van der Waals surface area (Å²) in [6.07, 6.45) is 1.29. The molecule has 1 heterocycles. The Morgan fingerprint density at radius 3 is 2.48 bits per heavy atom. The Morgan fingerprint density at radius 1 is 1.04 bits per heavy atom. The van der Waals surface area contributed by atoms with Crippen molar-refractivity contribution in [2.24, 2.45) is 0 Å². The van der Waals surface area contributed by atoms with E-state index in [4.69, 9.17) is 11.6 Å². The van der Waals surface area contributed by atoms with Crippen molar-refractivity contribution in [1.82, 2.24) is 15.3 Å². The Labute approximate surface area is 148 Å². The second-order valence-electron chi connectivity index (χ2n) is 5.23. The number of carbonyl (C=O) groups is 1. The molecule has 0 atom stereocenters. The fourth-order valence-electron chi connectivity index (χ4n) is 2.11. The van der Waals surface area contributed by atoms with E-state index in [1.165, 1.54) is 24.5 Å². The summed E-state index contributed by atoms with van der Waals surface area (Å²) in [5.74, 6) is -0.201. The van der Waals surface area contributed by atoms with E-state index in [1.807, 2.05) is 12.1 Å². The van der Waals surface area contributed by atoms with Crippen molar-refractivity contribution in [2.75, 3.05) is 5.32 Å². The zero-order valence-electron chi connectivity index (χ0n) is 13.0. The highest BCUT2D eigenvalue weighted by atomic mass is 35.5. The Hall–Kier alpha value is -2.99. The molecule has 0 unspecified atom stereocenters. The van der Waals surface area contributed by atoms with Gasteiger partial charge in [0.1, 0.15) is 23.7 Å². The minimum atomic E-state index is -0.324. The van der Waals surface area contributed by atoms with Gasteiger partial charge in [-0.15, -0.1) is 0 Å². The van der Waals surface area contributed by atoms with E-state index in [1.54, 1.807) is 24.3 Å². The molecule has 2 aromatic carbocycles. The first-order valence-electron chi connectivity index (χ1n) is 7.47. The van der Waals surface area contributed by atoms with Gasteiger partial charge in [-0.2, -0.15) is 0 Å². The molecule has 0 aliphatic heterocycles. The first-order valence-corrected chi connectivity index (χ1v) is 7.85. The van der Waals surface area contributed by atoms with Crippen LogP contribution in [0.1, 0.15) is 16.1 Å². The highest BCUT2D eigenvalue weighted by Crippen LogP contribution is 2.15. The molecular weight excluding hydrogens is 343 g/mol. The number of halogens is 2. The Bertz CT molecular complexity index is 869. The first kappa shape index (κ1) is 16.9. The van der Waals surface area contributed by atoms with E-state index < -0.39 is 0 Å². The molecule has 25 heavy (non-hydrogen) atoms. The Kier molecular flexibility index (Phi) is 5.20. The van der Waals surface area contributed by atoms with Crippen molar-refractivity contribution in [3.8, 4) is 0 Å². The molecule has 3 aromatic rings. The summed E-state index contributed by atoms with van der Waals surface area (Å²) in [5.41, 5.74) is 1.82. The first-order chi connectivity index (χ1) is 12.1. The van der Waals surface area contributed by atoms with Crippen molar-refractivity contribution in [2.45, 2.75) is 6.54 Å². The largest absolute Gasteiger partial charge is 0.347 e. The SMILES string of the molecule is O=C(NCc1ccc(Cl)cc1)c1cc(Nc2ccc(F)cc2)ncn1. The van der Waals surface area contributed by atoms with E-state index >= 15 is 0 Å². The van der Waals surface area contributed by atoms with Crippen LogP contribution in [-0.2, 0) is 6.54 Å². The lowest BCUT2D eigenvalue weighted by Crippen LogP contribution is -2.24. The van der Waals surface area contributed by atoms with Crippen molar-refractivity contribution in [3.05, 3.63) is 83.0 Å². The van der Waals surface area contributed by atoms with E-state index in [0.717, 1.165) is 5.56 Å². The standard InChI is InChI=1S/C18H14ClFN4O/c19-13-3-1-12(2-4-13)10-21-18(25)16-9-17(23-11-22-16)24-15-7-5-14(20)6-8-15/h1-9,11H,10H2,(H,21,25)(H,22,23,24). The maximum atomic E-state index is 12.9. The van der Waals surface area contributed by atoms with Crippen LogP contribution >= 0.6 is 11.6 Å². The van der Waals surface area contributed by atoms with Crippen LogP contribution in [0.2, 0.25) is 5.02 Å². The lowest BCUT2D eigenvalue weighted by molar-refractivity contribution is 0.0946. The van der Waals surface area contributed by atoms with Gasteiger partial charge in [0.2, 0.25) is 0 Å². The fraction of sp³-hybridized carbons (Fsp3) is 0.0556. The molecule has 5 nitrogen and oxygen atoms in total. The van der Waals surface area contributed by atoms with Gasteiger partial charge in [0.25, 0.3) is 5.91 Å². The number of aromatic nitrogens is 2. The number of amides is 1. The average molecular weight is 357 g/mol. The normalized spacial score (nSPS) is 10.3. The molecule has 2 N–H and O–H groups in total. The van der Waals surface area contributed by atoms with Gasteiger partial charge >= 0.3 is 0 Å². The van der Waals surface area contributed by atoms with Gasteiger partial charge in [-0.3, -0.25) is 4.79 Å². The van der Waals surface area contributed by atoms with Gasteiger partial charge in [-0.25, -0.2) is 14.4 Å². The maximum Gasteiger partial charge on any atom is 0.270 e. The second-order valence-corrected chi connectivity index (χ2v) is 5.67. The maximum absolute atomic E-state index is 12.9. The van der Waals surface area contributed by atoms with Crippen LogP contribution in [0.5, 0.6) is 0 Å². The topological polar surface area (TPSA) is 66.9 Å². The van der Waals surface area contributed by atoms with E-state index in [9.17, 15) is 9.18 Å². The van der Waals surface area contributed by atoms with Crippen molar-refractivity contribution >= 4 is 29.0 Å². The molecule has 1 amide bonds. The van der Waals surface area contributed by atoms with Gasteiger partial charge in [-0.05, 0) is 42.0 Å². The summed E-state index contributed by atoms with van der Waals surface area (Å²) in [5, 5.41) is 6.42. The minimum Gasteiger partial charge on any atom is -0.347 e. The third-order valence-electron chi connectivity index (χ3n) is 3.38. The lowest BCUT2D eigenvalue weighted by Gasteiger charge is -2.08. The molecule has 0 spiro atoms. The minimum absolute atomic E-state index is 0.230. The number of hydrogen-bond acceptors (Lipinski definition) is 4. The monoisotopic (exact) mass is 356 g/mol. The Balaban J connectivity index is 1.64. The fourth-order valence-corrected chi connectivity index (χ4v) is 2.23. The molecular formula is C18H14ClFN4O. The predicted octanol–water partition coefficient (Wildman–Crippen LogP) is 3.94. The highest BCUT2D eigenvalue weighted by molar-refractivity contribution is 6.30. The van der Waals surface area contributed by atoms with Crippen LogP contribution in [0, 0.1) is 5.82 Å². The van der Waals surface area contributed by atoms with Crippen LogP contribution < -0.4 is 10.6 Å². The van der Waals surface area contributed by atoms with Gasteiger partial charge in [-0.1, -0.05) is 23.7 Å². The summed E-state index contributed by atoms with van der Waals surface area (Å²) >= 11 is 5.83. The zero-order chi connectivity index (χ0) is 17.6. The van der Waals surface area contributed by atoms with Gasteiger partial charge in [0.05, 0.1) is 0 Å². The molecule has 0 saturated heterocycles. The zero-order valence-corrected chi connectivity index (χ0v) is 13.8. The summed E-state index contributed by atoms with van der Waals surface area (Å²) in [7, 11) is 0. The summed E-state index contributed by atoms with van der Waals surface area (Å²) in [6.45, 7) is 0.362. The van der Waals surface area contributed by atoms with Gasteiger partial charge in [0, 0.05) is 23.3 Å². The van der Waals surface area contributed by atoms with Crippen LogP contribution in [0.3, 0.4) is 0 Å². The van der Waals surface area contributed by atoms with E-state index in [-0.39, 0.29) is 17.4 Å². The molecule has 1 aromatic heterocycles. The van der Waals surface area contributed by atoms with E-state index in [2.05, 4.69) is 20.6 Å². The van der Waals surface area contributed by atoms with Gasteiger partial charge < -0.3 is 10.6 Å². The van der Waals surface area contributed by atoms with Crippen molar-refractivity contribution in [1.29, 1.82) is 0 Å². The van der Waals surface area contributed by atoms with Crippen LogP contribution in [-0.4, -0.2) is 15.9 Å². The third kappa shape index (κ3) is 4.74. The number of hydrogen-bond donors (Lipinski definition) is 2. The summed E-state index contributed by atoms with van der Waals surface area (Å²) < 4.78 is 12.9. The molecule has 0 radical (unpaired) electrons. The lowest BCUT2D eigenvalue weighted by atomic mass is 10.2. The molecule has 0 bridgehead atoms. The number of benzene rings is 2. The smallest absolute Gasteiger partial charge is 0.270 e. The number of carbonyl (C=O) groups excluding carboxylic acids is 1. The van der Waals surface area contributed by atoms with Crippen molar-refractivity contribution in [3.63, 3.8) is 0 Å². The van der Waals surface area contributed by atoms with Crippen LogP contribution in [0.15, 0.2) is 60.9 Å². The molecule has 126 valence electrons. The molecule has 0 aliphatic rings. The summed E-state index contributed by atoms with van der Waals surface area (Å²) in [6, 6.07) is 14.6. The van der Waals surface area contributed by atoms with Crippen LogP contribution in [0.4, 0.5) is 15.9 Å². The van der Waals surface area contributed by atoms with Gasteiger partial charge in [0.15, 0.2) is 0 Å². The predicted molar refractivity (Wildman–Crippen MR) is 94.3 cm³/mol. The Morgan fingerprint density at radius 2 is 1.76 bits per heavy atom. The molecule has 0 saturated carbocycles. The van der Waals surface area contributed by atoms with E-state index in [0.29, 0.717) is 23.1 Å². The van der Waals surface area contributed by atoms with Crippen molar-refractivity contribution < 1.29 is 9.18 Å². The number of nitrogens with zero attached hydrogens (tertiary/aromatic N) is 2. The highest BCUT2D eigenvalue weighted by Gasteiger charge is 2.09. The molecule has 7 heteroatoms. The second kappa shape index (κ2) is 7.72. The third-order valence-corrected chi connectivity index (χ3v) is 3.63. The quantitative estimate of drug-likeness (QED) is 0.726. The molecule has 0 aliphatic carbocycles.